The molecule has 0 bridgehead atoms. The minimum absolute atomic E-state index is 0.227. The van der Waals surface area contributed by atoms with E-state index in [0.717, 1.165) is 43.1 Å². The zero-order valence-corrected chi connectivity index (χ0v) is 14.3. The van der Waals surface area contributed by atoms with Gasteiger partial charge in [-0.05, 0) is 67.4 Å². The lowest BCUT2D eigenvalue weighted by atomic mass is 9.99. The highest BCUT2D eigenvalue weighted by molar-refractivity contribution is 7.80. The summed E-state index contributed by atoms with van der Waals surface area (Å²) in [7, 11) is 0. The minimum Gasteiger partial charge on any atom is -0.457 e. The Morgan fingerprint density at radius 1 is 1.12 bits per heavy atom. The summed E-state index contributed by atoms with van der Waals surface area (Å²) in [5, 5.41) is 13.3. The van der Waals surface area contributed by atoms with Crippen LogP contribution < -0.4 is 10.1 Å². The van der Waals surface area contributed by atoms with Gasteiger partial charge in [0.25, 0.3) is 0 Å². The maximum atomic E-state index is 9.33. The smallest absolute Gasteiger partial charge is 0.173 e. The van der Waals surface area contributed by atoms with Crippen LogP contribution in [-0.4, -0.2) is 34.8 Å². The highest BCUT2D eigenvalue weighted by atomic mass is 32.1. The van der Waals surface area contributed by atoms with Crippen molar-refractivity contribution in [2.45, 2.75) is 12.8 Å². The lowest BCUT2D eigenvalue weighted by molar-refractivity contribution is 0.162. The molecule has 0 radical (unpaired) electrons. The van der Waals surface area contributed by atoms with Crippen molar-refractivity contribution >= 4 is 23.0 Å². The van der Waals surface area contributed by atoms with Crippen LogP contribution in [0.1, 0.15) is 12.8 Å². The largest absolute Gasteiger partial charge is 0.457 e. The van der Waals surface area contributed by atoms with E-state index in [1.165, 1.54) is 0 Å². The minimum atomic E-state index is 0.227. The summed E-state index contributed by atoms with van der Waals surface area (Å²) >= 11 is 5.50. The number of thiocarbonyl (C=S) groups is 1. The summed E-state index contributed by atoms with van der Waals surface area (Å²) in [5.41, 5.74) is 0.937. The molecule has 3 rings (SSSR count). The zero-order chi connectivity index (χ0) is 16.8. The number of para-hydroxylation sites is 1. The number of rotatable bonds is 4. The van der Waals surface area contributed by atoms with Gasteiger partial charge in [-0.1, -0.05) is 18.2 Å². The van der Waals surface area contributed by atoms with Crippen LogP contribution in [-0.2, 0) is 0 Å². The van der Waals surface area contributed by atoms with Crippen molar-refractivity contribution in [1.29, 1.82) is 0 Å². The molecule has 0 saturated carbocycles. The molecule has 0 aromatic heterocycles. The summed E-state index contributed by atoms with van der Waals surface area (Å²) in [6, 6.07) is 17.5. The summed E-state index contributed by atoms with van der Waals surface area (Å²) in [6.07, 6.45) is 2.14. The standard InChI is InChI=1S/C19H22N2O2S/c22-14-15-5-4-12-21(13-15)19(24)20-16-8-10-18(11-9-16)23-17-6-2-1-3-7-17/h1-3,6-11,15,22H,4-5,12-14H2,(H,20,24)/t15-/m0/s1. The molecule has 2 N–H and O–H groups in total. The third kappa shape index (κ3) is 4.46. The molecule has 0 unspecified atom stereocenters. The molecule has 5 heteroatoms. The number of hydrogen-bond donors (Lipinski definition) is 2. The quantitative estimate of drug-likeness (QED) is 0.826. The highest BCUT2D eigenvalue weighted by Gasteiger charge is 2.21. The first-order valence-corrected chi connectivity index (χ1v) is 8.65. The molecule has 1 aliphatic rings. The molecule has 4 nitrogen and oxygen atoms in total. The number of ether oxygens (including phenoxy) is 1. The first kappa shape index (κ1) is 16.7. The summed E-state index contributed by atoms with van der Waals surface area (Å²) in [6.45, 7) is 1.99. The summed E-state index contributed by atoms with van der Waals surface area (Å²) < 4.78 is 5.78. The second-order valence-corrected chi connectivity index (χ2v) is 6.39. The van der Waals surface area contributed by atoms with E-state index in [4.69, 9.17) is 17.0 Å². The van der Waals surface area contributed by atoms with Gasteiger partial charge in [-0.2, -0.15) is 0 Å². The predicted octanol–water partition coefficient (Wildman–Crippen LogP) is 3.88. The monoisotopic (exact) mass is 342 g/mol. The second kappa shape index (κ2) is 8.13. The third-order valence-electron chi connectivity index (χ3n) is 4.15. The number of aliphatic hydroxyl groups excluding tert-OH is 1. The topological polar surface area (TPSA) is 44.7 Å². The van der Waals surface area contributed by atoms with Crippen molar-refractivity contribution in [3.8, 4) is 11.5 Å². The number of hydrogen-bond acceptors (Lipinski definition) is 3. The molecule has 1 fully saturated rings. The zero-order valence-electron chi connectivity index (χ0n) is 13.5. The van der Waals surface area contributed by atoms with Gasteiger partial charge >= 0.3 is 0 Å². The molecular weight excluding hydrogens is 320 g/mol. The van der Waals surface area contributed by atoms with E-state index < -0.39 is 0 Å². The van der Waals surface area contributed by atoms with Crippen LogP contribution in [0, 0.1) is 5.92 Å². The Morgan fingerprint density at radius 2 is 1.83 bits per heavy atom. The van der Waals surface area contributed by atoms with Crippen LogP contribution >= 0.6 is 12.2 Å². The molecule has 0 aliphatic carbocycles. The molecule has 1 aliphatic heterocycles. The van der Waals surface area contributed by atoms with E-state index in [1.807, 2.05) is 54.6 Å². The molecule has 2 aromatic carbocycles. The fourth-order valence-electron chi connectivity index (χ4n) is 2.83. The first-order valence-electron chi connectivity index (χ1n) is 8.24. The fraction of sp³-hybridized carbons (Fsp3) is 0.316. The molecule has 126 valence electrons. The molecule has 2 aromatic rings. The second-order valence-electron chi connectivity index (χ2n) is 6.01. The summed E-state index contributed by atoms with van der Waals surface area (Å²) in [5.74, 6) is 1.92. The van der Waals surface area contributed by atoms with Crippen molar-refractivity contribution in [2.75, 3.05) is 25.0 Å². The van der Waals surface area contributed by atoms with E-state index in [0.29, 0.717) is 11.0 Å². The Hall–Kier alpha value is -2.11. The number of piperidine rings is 1. The lowest BCUT2D eigenvalue weighted by Gasteiger charge is -2.33. The van der Waals surface area contributed by atoms with Crippen LogP contribution in [0.15, 0.2) is 54.6 Å². The maximum absolute atomic E-state index is 9.33. The molecular formula is C19H22N2O2S. The van der Waals surface area contributed by atoms with Gasteiger partial charge in [0, 0.05) is 25.4 Å². The van der Waals surface area contributed by atoms with Gasteiger partial charge in [-0.15, -0.1) is 0 Å². The van der Waals surface area contributed by atoms with Crippen LogP contribution in [0.2, 0.25) is 0 Å². The van der Waals surface area contributed by atoms with E-state index in [-0.39, 0.29) is 6.61 Å². The first-order chi connectivity index (χ1) is 11.7. The molecule has 1 saturated heterocycles. The molecule has 1 heterocycles. The molecule has 1 atom stereocenters. The van der Waals surface area contributed by atoms with Crippen LogP contribution in [0.3, 0.4) is 0 Å². The Labute approximate surface area is 148 Å². The van der Waals surface area contributed by atoms with Crippen LogP contribution in [0.4, 0.5) is 5.69 Å². The number of nitrogens with zero attached hydrogens (tertiary/aromatic N) is 1. The normalized spacial score (nSPS) is 17.4. The van der Waals surface area contributed by atoms with Gasteiger partial charge in [0.05, 0.1) is 0 Å². The number of nitrogens with one attached hydrogen (secondary N) is 1. The highest BCUT2D eigenvalue weighted by Crippen LogP contribution is 2.23. The molecule has 0 amide bonds. The lowest BCUT2D eigenvalue weighted by Crippen LogP contribution is -2.43. The van der Waals surface area contributed by atoms with Gasteiger partial charge in [0.1, 0.15) is 11.5 Å². The maximum Gasteiger partial charge on any atom is 0.173 e. The predicted molar refractivity (Wildman–Crippen MR) is 101 cm³/mol. The van der Waals surface area contributed by atoms with Crippen LogP contribution in [0.25, 0.3) is 0 Å². The number of likely N-dealkylation sites (tertiary alicyclic amines) is 1. The van der Waals surface area contributed by atoms with Crippen molar-refractivity contribution in [2.24, 2.45) is 5.92 Å². The van der Waals surface area contributed by atoms with Gasteiger partial charge < -0.3 is 20.1 Å². The Kier molecular flexibility index (Phi) is 5.67. The average Bonchev–Trinajstić information content (AvgIpc) is 2.64. The van der Waals surface area contributed by atoms with Crippen molar-refractivity contribution in [3.63, 3.8) is 0 Å². The molecule has 24 heavy (non-hydrogen) atoms. The van der Waals surface area contributed by atoms with Gasteiger partial charge in [-0.25, -0.2) is 0 Å². The van der Waals surface area contributed by atoms with E-state index in [9.17, 15) is 5.11 Å². The number of anilines is 1. The van der Waals surface area contributed by atoms with Gasteiger partial charge in [0.2, 0.25) is 0 Å². The third-order valence-corrected chi connectivity index (χ3v) is 4.51. The fourth-order valence-corrected chi connectivity index (χ4v) is 3.12. The van der Waals surface area contributed by atoms with Crippen molar-refractivity contribution in [3.05, 3.63) is 54.6 Å². The Morgan fingerprint density at radius 3 is 2.54 bits per heavy atom. The number of benzene rings is 2. The van der Waals surface area contributed by atoms with E-state index in [2.05, 4.69) is 10.2 Å². The summed E-state index contributed by atoms with van der Waals surface area (Å²) in [4.78, 5) is 2.13. The van der Waals surface area contributed by atoms with E-state index in [1.54, 1.807) is 0 Å². The van der Waals surface area contributed by atoms with Gasteiger partial charge in [-0.3, -0.25) is 0 Å². The van der Waals surface area contributed by atoms with Crippen molar-refractivity contribution in [1.82, 2.24) is 4.90 Å². The van der Waals surface area contributed by atoms with E-state index >= 15 is 0 Å². The number of aliphatic hydroxyl groups is 1. The van der Waals surface area contributed by atoms with Gasteiger partial charge in [0.15, 0.2) is 5.11 Å². The SMILES string of the molecule is OC[C@H]1CCCN(C(=S)Nc2ccc(Oc3ccccc3)cc2)C1. The Balaban J connectivity index is 1.56. The van der Waals surface area contributed by atoms with Crippen molar-refractivity contribution < 1.29 is 9.84 Å². The van der Waals surface area contributed by atoms with Crippen LogP contribution in [0.5, 0.6) is 11.5 Å². The Bertz CT molecular complexity index is 661. The molecule has 0 spiro atoms. The average molecular weight is 342 g/mol.